The van der Waals surface area contributed by atoms with Crippen LogP contribution in [0, 0.1) is 35.5 Å². The van der Waals surface area contributed by atoms with Gasteiger partial charge in [0, 0.05) is 54.9 Å². The van der Waals surface area contributed by atoms with E-state index >= 15 is 0 Å². The Hall–Kier alpha value is -2.84. The Morgan fingerprint density at radius 3 is 1.80 bits per heavy atom. The lowest BCUT2D eigenvalue weighted by atomic mass is 9.83. The molecule has 398 valence electrons. The molecule has 2 aliphatic heterocycles. The highest BCUT2D eigenvalue weighted by molar-refractivity contribution is 5.87. The monoisotopic (exact) mass is 983 g/mol. The smallest absolute Gasteiger partial charge is 0.333 e. The Labute approximate surface area is 410 Å². The second kappa shape index (κ2) is 32.3. The number of cyclic esters (lactones) is 2. The van der Waals surface area contributed by atoms with Crippen molar-refractivity contribution in [2.45, 2.75) is 224 Å². The number of aliphatic hydroxyl groups excluding tert-OH is 12. The summed E-state index contributed by atoms with van der Waals surface area (Å²) in [4.78, 5) is 25.3. The average Bonchev–Trinajstić information content (AvgIpc) is 3.73. The van der Waals surface area contributed by atoms with Crippen molar-refractivity contribution in [2.75, 3.05) is 0 Å². The third-order valence-corrected chi connectivity index (χ3v) is 14.1. The fourth-order valence-electron chi connectivity index (χ4n) is 9.01. The van der Waals surface area contributed by atoms with Crippen LogP contribution in [0.25, 0.3) is 0 Å². The number of aliphatic hydroxyl groups is 12. The van der Waals surface area contributed by atoms with Crippen molar-refractivity contribution in [3.05, 3.63) is 60.3 Å². The molecular formula is C53H90O16. The Morgan fingerprint density at radius 2 is 1.14 bits per heavy atom. The molecule has 20 unspecified atom stereocenters. The van der Waals surface area contributed by atoms with Gasteiger partial charge in [0.2, 0.25) is 0 Å². The number of ether oxygens (including phenoxy) is 2. The molecule has 69 heavy (non-hydrogen) atoms. The minimum absolute atomic E-state index is 0.0459. The fourth-order valence-corrected chi connectivity index (χ4v) is 9.01. The second-order valence-corrected chi connectivity index (χ2v) is 20.4. The molecule has 0 aromatic carbocycles. The molecule has 0 aromatic rings. The molecule has 0 aliphatic carbocycles. The lowest BCUT2D eigenvalue weighted by Crippen LogP contribution is -2.37. The maximum atomic E-state index is 13.4. The first kappa shape index (κ1) is 62.3. The number of allylic oxidation sites excluding steroid dienone is 2. The van der Waals surface area contributed by atoms with Gasteiger partial charge in [-0.2, -0.15) is 0 Å². The molecule has 2 heterocycles. The van der Waals surface area contributed by atoms with E-state index < -0.39 is 109 Å². The highest BCUT2D eigenvalue weighted by Gasteiger charge is 2.36. The van der Waals surface area contributed by atoms with Crippen molar-refractivity contribution in [1.82, 2.24) is 0 Å². The van der Waals surface area contributed by atoms with Crippen molar-refractivity contribution in [3.8, 4) is 0 Å². The van der Waals surface area contributed by atoms with Crippen molar-refractivity contribution >= 4 is 11.9 Å². The van der Waals surface area contributed by atoms with Crippen LogP contribution in [0.2, 0.25) is 0 Å². The number of rotatable bonds is 2. The molecule has 0 aromatic heterocycles. The van der Waals surface area contributed by atoms with Gasteiger partial charge >= 0.3 is 11.9 Å². The average molecular weight is 983 g/mol. The summed E-state index contributed by atoms with van der Waals surface area (Å²) in [6.45, 7) is 12.3. The molecule has 2 aliphatic rings. The van der Waals surface area contributed by atoms with Crippen molar-refractivity contribution in [3.63, 3.8) is 0 Å². The van der Waals surface area contributed by atoms with E-state index in [2.05, 4.69) is 0 Å². The Morgan fingerprint density at radius 1 is 0.536 bits per heavy atom. The molecule has 16 nitrogen and oxygen atoms in total. The van der Waals surface area contributed by atoms with Crippen LogP contribution in [-0.2, 0) is 19.1 Å². The molecule has 1 saturated heterocycles. The van der Waals surface area contributed by atoms with E-state index in [9.17, 15) is 70.9 Å². The van der Waals surface area contributed by atoms with Gasteiger partial charge in [-0.1, -0.05) is 96.2 Å². The predicted molar refractivity (Wildman–Crippen MR) is 262 cm³/mol. The standard InChI is InChI=1S/C53H90O16/c1-31-14-10-11-19-44(60)35(5)51(65)32(2)15-8-9-16-33(3)53(67)69-48(37(7)49-24-25-50(64)68-49)21-13-18-39(55)29-46(62)36(6)52(66)34(4)26-40(56)27-41(57)28-42(58)30-47(63)45(61)23-22-38(54)17-12-20-43(31)59/h10,12-14,16,18,20,22-23,31-32,34-49,51-52,54-63,65-66H,8-9,11,15,17,19,21,24-30H2,1-7H3. The number of hydrogen-bond acceptors (Lipinski definition) is 16. The van der Waals surface area contributed by atoms with Gasteiger partial charge in [-0.25, -0.2) is 4.79 Å². The molecule has 1 fully saturated rings. The highest BCUT2D eigenvalue weighted by Crippen LogP contribution is 2.29. The first-order valence-electron chi connectivity index (χ1n) is 25.3. The minimum Gasteiger partial charge on any atom is -0.462 e. The lowest BCUT2D eigenvalue weighted by Gasteiger charge is -2.31. The van der Waals surface area contributed by atoms with E-state index in [1.807, 2.05) is 39.8 Å². The largest absolute Gasteiger partial charge is 0.462 e. The summed E-state index contributed by atoms with van der Waals surface area (Å²) in [5.74, 6) is -3.33. The lowest BCUT2D eigenvalue weighted by molar-refractivity contribution is -0.152. The zero-order chi connectivity index (χ0) is 52.0. The third kappa shape index (κ3) is 23.5. The number of carbonyl (C=O) groups is 2. The van der Waals surface area contributed by atoms with Gasteiger partial charge in [0.05, 0.1) is 73.2 Å². The molecule has 0 bridgehead atoms. The van der Waals surface area contributed by atoms with Crippen LogP contribution in [-0.4, -0.2) is 159 Å². The Balaban J connectivity index is 2.21. The van der Waals surface area contributed by atoms with E-state index in [0.717, 1.165) is 0 Å². The van der Waals surface area contributed by atoms with Crippen LogP contribution in [0.5, 0.6) is 0 Å². The molecule has 0 radical (unpaired) electrons. The normalized spacial score (nSPS) is 40.4. The summed E-state index contributed by atoms with van der Waals surface area (Å²) in [5.41, 5.74) is 0.388. The maximum absolute atomic E-state index is 13.4. The first-order valence-corrected chi connectivity index (χ1v) is 25.3. The SMILES string of the molecule is CC1=CCCCC(C)C(O)C(C)C(O)CCC=CC(C)C(O)C=CCC(O)C=CC(O)C(O)CC(O)CC(O)CC(O)CC(C)C(O)C(C)C(O)CC(O)C=CCC(C(C)C2CCC(=O)O2)OC1=O. The van der Waals surface area contributed by atoms with E-state index in [-0.39, 0.29) is 75.1 Å². The topological polar surface area (TPSA) is 295 Å². The molecule has 12 N–H and O–H groups in total. The Bertz CT molecular complexity index is 1610. The van der Waals surface area contributed by atoms with Crippen molar-refractivity contribution in [1.29, 1.82) is 0 Å². The summed E-state index contributed by atoms with van der Waals surface area (Å²) in [5, 5.41) is 129. The molecule has 20 atom stereocenters. The molecule has 0 saturated carbocycles. The summed E-state index contributed by atoms with van der Waals surface area (Å²) in [6.07, 6.45) is 2.86. The molecule has 0 spiro atoms. The third-order valence-electron chi connectivity index (χ3n) is 14.1. The van der Waals surface area contributed by atoms with Crippen LogP contribution in [0.15, 0.2) is 60.3 Å². The first-order chi connectivity index (χ1) is 32.4. The van der Waals surface area contributed by atoms with E-state index in [0.29, 0.717) is 44.1 Å². The highest BCUT2D eigenvalue weighted by atomic mass is 16.6. The van der Waals surface area contributed by atoms with Crippen LogP contribution in [0.4, 0.5) is 0 Å². The zero-order valence-corrected chi connectivity index (χ0v) is 42.1. The molecule has 16 heteroatoms. The number of carbonyl (C=O) groups excluding carboxylic acids is 2. The van der Waals surface area contributed by atoms with Crippen molar-refractivity contribution in [2.24, 2.45) is 35.5 Å². The fraction of sp³-hybridized carbons (Fsp3) is 0.774. The van der Waals surface area contributed by atoms with Crippen LogP contribution in [0.3, 0.4) is 0 Å². The van der Waals surface area contributed by atoms with Crippen LogP contribution in [0.1, 0.15) is 138 Å². The van der Waals surface area contributed by atoms with Crippen LogP contribution >= 0.6 is 0 Å². The number of hydrogen-bond donors (Lipinski definition) is 12. The van der Waals surface area contributed by atoms with E-state index in [1.165, 1.54) is 18.2 Å². The summed E-state index contributed by atoms with van der Waals surface area (Å²) >= 11 is 0. The van der Waals surface area contributed by atoms with Gasteiger partial charge in [-0.05, 0) is 83.0 Å². The van der Waals surface area contributed by atoms with Crippen LogP contribution < -0.4 is 0 Å². The molecule has 2 rings (SSSR count). The predicted octanol–water partition coefficient (Wildman–Crippen LogP) is 3.62. The van der Waals surface area contributed by atoms with Gasteiger partial charge in [0.15, 0.2) is 0 Å². The Kier molecular flexibility index (Phi) is 29.1. The van der Waals surface area contributed by atoms with Gasteiger partial charge in [0.25, 0.3) is 0 Å². The zero-order valence-electron chi connectivity index (χ0n) is 42.1. The van der Waals surface area contributed by atoms with Gasteiger partial charge in [0.1, 0.15) is 12.2 Å². The second-order valence-electron chi connectivity index (χ2n) is 20.4. The van der Waals surface area contributed by atoms with Gasteiger partial charge in [-0.15, -0.1) is 0 Å². The van der Waals surface area contributed by atoms with E-state index in [4.69, 9.17) is 9.47 Å². The van der Waals surface area contributed by atoms with Crippen molar-refractivity contribution < 1.29 is 80.3 Å². The number of esters is 2. The summed E-state index contributed by atoms with van der Waals surface area (Å²) < 4.78 is 11.5. The van der Waals surface area contributed by atoms with Gasteiger partial charge in [-0.3, -0.25) is 4.79 Å². The molecular weight excluding hydrogens is 893 g/mol. The minimum atomic E-state index is -1.44. The van der Waals surface area contributed by atoms with E-state index in [1.54, 1.807) is 45.1 Å². The molecule has 0 amide bonds. The maximum Gasteiger partial charge on any atom is 0.333 e. The quantitative estimate of drug-likeness (QED) is 0.139. The van der Waals surface area contributed by atoms with Gasteiger partial charge < -0.3 is 70.8 Å². The summed E-state index contributed by atoms with van der Waals surface area (Å²) in [6, 6.07) is 0. The summed E-state index contributed by atoms with van der Waals surface area (Å²) in [7, 11) is 0.